The molecule has 24 heavy (non-hydrogen) atoms. The Hall–Kier alpha value is -2.51. The summed E-state index contributed by atoms with van der Waals surface area (Å²) in [5.74, 6) is -0.359. The molecular formula is C17H19N3O4. The summed E-state index contributed by atoms with van der Waals surface area (Å²) < 4.78 is 5.56. The molecule has 2 N–H and O–H groups in total. The number of H-pyrrole nitrogens is 1. The monoisotopic (exact) mass is 329 g/mol. The first-order chi connectivity index (χ1) is 11.5. The van der Waals surface area contributed by atoms with Crippen molar-refractivity contribution < 1.29 is 14.6 Å². The number of benzene rings is 1. The lowest BCUT2D eigenvalue weighted by atomic mass is 10.1. The largest absolute Gasteiger partial charge is 0.478 e. The number of aromatic amines is 1. The van der Waals surface area contributed by atoms with Gasteiger partial charge in [0, 0.05) is 19.2 Å². The minimum Gasteiger partial charge on any atom is -0.478 e. The third kappa shape index (κ3) is 3.69. The topological polar surface area (TPSA) is 95.5 Å². The first kappa shape index (κ1) is 16.4. The molecule has 1 aromatic carbocycles. The molecule has 3 rings (SSSR count). The molecular weight excluding hydrogens is 310 g/mol. The van der Waals surface area contributed by atoms with E-state index in [0.29, 0.717) is 31.3 Å². The number of hydrogen-bond donors (Lipinski definition) is 2. The Kier molecular flexibility index (Phi) is 4.73. The molecule has 1 atom stereocenters. The van der Waals surface area contributed by atoms with Gasteiger partial charge in [-0.15, -0.1) is 0 Å². The van der Waals surface area contributed by atoms with Crippen LogP contribution in [0.1, 0.15) is 33.5 Å². The van der Waals surface area contributed by atoms with Crippen LogP contribution in [0.5, 0.6) is 0 Å². The van der Waals surface area contributed by atoms with E-state index in [0.717, 1.165) is 12.1 Å². The number of aryl methyl sites for hydroxylation is 1. The minimum absolute atomic E-state index is 0.0982. The van der Waals surface area contributed by atoms with E-state index < -0.39 is 5.97 Å². The van der Waals surface area contributed by atoms with Gasteiger partial charge in [0.05, 0.1) is 30.5 Å². The molecule has 0 saturated carbocycles. The predicted octanol–water partition coefficient (Wildman–Crippen LogP) is 1.35. The highest BCUT2D eigenvalue weighted by molar-refractivity contribution is 5.87. The maximum absolute atomic E-state index is 11.7. The van der Waals surface area contributed by atoms with E-state index in [2.05, 4.69) is 14.9 Å². The number of carboxylic acid groups (broad SMARTS) is 1. The lowest BCUT2D eigenvalue weighted by molar-refractivity contribution is -0.0143. The standard InChI is InChI=1S/C17H19N3O4/c1-11-18-14(8-16(21)19-11)15-10-24-7-6-20(15)9-12-2-4-13(5-3-12)17(22)23/h2-5,8,15H,6-7,9-10H2,1H3,(H,22,23)(H,18,19,21)/t15-/m0/s1. The molecule has 7 nitrogen and oxygen atoms in total. The minimum atomic E-state index is -0.936. The average Bonchev–Trinajstić information content (AvgIpc) is 2.55. The summed E-state index contributed by atoms with van der Waals surface area (Å²) in [6.07, 6.45) is 0. The van der Waals surface area contributed by atoms with Crippen LogP contribution in [0.4, 0.5) is 0 Å². The van der Waals surface area contributed by atoms with Crippen molar-refractivity contribution in [1.82, 2.24) is 14.9 Å². The fourth-order valence-electron chi connectivity index (χ4n) is 2.86. The zero-order valence-corrected chi connectivity index (χ0v) is 13.4. The molecule has 2 aromatic rings. The van der Waals surface area contributed by atoms with Gasteiger partial charge in [0.25, 0.3) is 5.56 Å². The highest BCUT2D eigenvalue weighted by Crippen LogP contribution is 2.24. The number of ether oxygens (including phenoxy) is 1. The van der Waals surface area contributed by atoms with Gasteiger partial charge >= 0.3 is 5.97 Å². The number of rotatable bonds is 4. The SMILES string of the molecule is Cc1nc([C@@H]2COCCN2Cc2ccc(C(=O)O)cc2)cc(=O)[nH]1. The van der Waals surface area contributed by atoms with Gasteiger partial charge in [-0.05, 0) is 24.6 Å². The van der Waals surface area contributed by atoms with Gasteiger partial charge in [-0.25, -0.2) is 9.78 Å². The number of carboxylic acids is 1. The zero-order chi connectivity index (χ0) is 17.1. The summed E-state index contributed by atoms with van der Waals surface area (Å²) in [5.41, 5.74) is 1.80. The second-order valence-corrected chi connectivity index (χ2v) is 5.82. The molecule has 1 aliphatic heterocycles. The number of hydrogen-bond acceptors (Lipinski definition) is 5. The van der Waals surface area contributed by atoms with E-state index in [1.165, 1.54) is 6.07 Å². The van der Waals surface area contributed by atoms with Gasteiger partial charge in [0.15, 0.2) is 0 Å². The third-order valence-electron chi connectivity index (χ3n) is 4.05. The smallest absolute Gasteiger partial charge is 0.335 e. The number of nitrogens with zero attached hydrogens (tertiary/aromatic N) is 2. The van der Waals surface area contributed by atoms with Crippen molar-refractivity contribution >= 4 is 5.97 Å². The van der Waals surface area contributed by atoms with Crippen LogP contribution in [0.3, 0.4) is 0 Å². The molecule has 1 saturated heterocycles. The van der Waals surface area contributed by atoms with Gasteiger partial charge in [0.2, 0.25) is 0 Å². The summed E-state index contributed by atoms with van der Waals surface area (Å²) in [6, 6.07) is 8.23. The molecule has 0 unspecified atom stereocenters. The van der Waals surface area contributed by atoms with Crippen LogP contribution in [0.25, 0.3) is 0 Å². The van der Waals surface area contributed by atoms with Crippen LogP contribution in [-0.2, 0) is 11.3 Å². The fraction of sp³-hybridized carbons (Fsp3) is 0.353. The fourth-order valence-corrected chi connectivity index (χ4v) is 2.86. The van der Waals surface area contributed by atoms with E-state index in [-0.39, 0.29) is 17.2 Å². The molecule has 7 heteroatoms. The van der Waals surface area contributed by atoms with Gasteiger partial charge in [-0.2, -0.15) is 0 Å². The molecule has 0 radical (unpaired) electrons. The summed E-state index contributed by atoms with van der Waals surface area (Å²) in [5, 5.41) is 8.97. The Balaban J connectivity index is 1.81. The second-order valence-electron chi connectivity index (χ2n) is 5.82. The Morgan fingerprint density at radius 3 is 2.83 bits per heavy atom. The number of nitrogens with one attached hydrogen (secondary N) is 1. The second kappa shape index (κ2) is 6.94. The Morgan fingerprint density at radius 2 is 2.17 bits per heavy atom. The van der Waals surface area contributed by atoms with Gasteiger partial charge in [-0.3, -0.25) is 9.69 Å². The lowest BCUT2D eigenvalue weighted by Gasteiger charge is -2.35. The van der Waals surface area contributed by atoms with Crippen molar-refractivity contribution in [3.8, 4) is 0 Å². The molecule has 1 aromatic heterocycles. The normalized spacial score (nSPS) is 18.5. The molecule has 0 aliphatic carbocycles. The Morgan fingerprint density at radius 1 is 1.42 bits per heavy atom. The summed E-state index contributed by atoms with van der Waals surface area (Å²) in [6.45, 7) is 4.21. The molecule has 1 aliphatic rings. The predicted molar refractivity (Wildman–Crippen MR) is 87.0 cm³/mol. The van der Waals surface area contributed by atoms with Crippen molar-refractivity contribution in [2.24, 2.45) is 0 Å². The first-order valence-corrected chi connectivity index (χ1v) is 7.75. The molecule has 126 valence electrons. The van der Waals surface area contributed by atoms with Crippen molar-refractivity contribution in [2.75, 3.05) is 19.8 Å². The first-order valence-electron chi connectivity index (χ1n) is 7.75. The Labute approximate surface area is 138 Å². The number of morpholine rings is 1. The molecule has 1 fully saturated rings. The van der Waals surface area contributed by atoms with E-state index >= 15 is 0 Å². The quantitative estimate of drug-likeness (QED) is 0.879. The van der Waals surface area contributed by atoms with Crippen LogP contribution in [-0.4, -0.2) is 45.7 Å². The molecule has 0 amide bonds. The van der Waals surface area contributed by atoms with Crippen molar-refractivity contribution in [2.45, 2.75) is 19.5 Å². The maximum Gasteiger partial charge on any atom is 0.335 e. The third-order valence-corrected chi connectivity index (χ3v) is 4.05. The van der Waals surface area contributed by atoms with Crippen LogP contribution >= 0.6 is 0 Å². The molecule has 2 heterocycles. The van der Waals surface area contributed by atoms with Gasteiger partial charge in [-0.1, -0.05) is 12.1 Å². The summed E-state index contributed by atoms with van der Waals surface area (Å²) >= 11 is 0. The van der Waals surface area contributed by atoms with Crippen LogP contribution in [0.15, 0.2) is 35.1 Å². The van der Waals surface area contributed by atoms with Gasteiger partial charge < -0.3 is 14.8 Å². The van der Waals surface area contributed by atoms with E-state index in [1.54, 1.807) is 19.1 Å². The number of aromatic carboxylic acids is 1. The highest BCUT2D eigenvalue weighted by atomic mass is 16.5. The van der Waals surface area contributed by atoms with Crippen molar-refractivity contribution in [3.05, 3.63) is 63.3 Å². The maximum atomic E-state index is 11.7. The summed E-state index contributed by atoms with van der Waals surface area (Å²) in [4.78, 5) is 31.9. The Bertz CT molecular complexity index is 785. The van der Waals surface area contributed by atoms with Gasteiger partial charge in [0.1, 0.15) is 5.82 Å². The lowest BCUT2D eigenvalue weighted by Crippen LogP contribution is -2.40. The van der Waals surface area contributed by atoms with Crippen LogP contribution in [0, 0.1) is 6.92 Å². The molecule has 0 spiro atoms. The van der Waals surface area contributed by atoms with E-state index in [1.807, 2.05) is 12.1 Å². The van der Waals surface area contributed by atoms with Crippen molar-refractivity contribution in [3.63, 3.8) is 0 Å². The average molecular weight is 329 g/mol. The van der Waals surface area contributed by atoms with Crippen molar-refractivity contribution in [1.29, 1.82) is 0 Å². The zero-order valence-electron chi connectivity index (χ0n) is 13.4. The number of aromatic nitrogens is 2. The summed E-state index contributed by atoms with van der Waals surface area (Å²) in [7, 11) is 0. The van der Waals surface area contributed by atoms with E-state index in [4.69, 9.17) is 9.84 Å². The number of carbonyl (C=O) groups is 1. The highest BCUT2D eigenvalue weighted by Gasteiger charge is 2.26. The van der Waals surface area contributed by atoms with Crippen LogP contribution in [0.2, 0.25) is 0 Å². The molecule has 0 bridgehead atoms. The van der Waals surface area contributed by atoms with Crippen LogP contribution < -0.4 is 5.56 Å². The van der Waals surface area contributed by atoms with E-state index in [9.17, 15) is 9.59 Å².